The number of ether oxygens (including phenoxy) is 1. The van der Waals surface area contributed by atoms with Crippen LogP contribution in [0.1, 0.15) is 96.5 Å². The number of rotatable bonds is 15. The summed E-state index contributed by atoms with van der Waals surface area (Å²) in [5, 5.41) is 0. The molecule has 1 aliphatic rings. The highest BCUT2D eigenvalue weighted by Crippen LogP contribution is 2.21. The number of hydrogen-bond donors (Lipinski definition) is 0. The number of piperidine rings is 1. The SMILES string of the molecule is CCCCCCCCCC(=O)N(CCCN1CCCCC1C)Cc1ccccc1OC. The summed E-state index contributed by atoms with van der Waals surface area (Å²) in [7, 11) is 1.71. The topological polar surface area (TPSA) is 32.8 Å². The third-order valence-electron chi connectivity index (χ3n) is 6.71. The van der Waals surface area contributed by atoms with Gasteiger partial charge in [0.2, 0.25) is 5.91 Å². The van der Waals surface area contributed by atoms with E-state index in [2.05, 4.69) is 29.7 Å². The van der Waals surface area contributed by atoms with Crippen molar-refractivity contribution in [2.75, 3.05) is 26.7 Å². The van der Waals surface area contributed by atoms with Crippen LogP contribution in [0.2, 0.25) is 0 Å². The number of carbonyl (C=O) groups is 1. The van der Waals surface area contributed by atoms with Gasteiger partial charge in [0.05, 0.1) is 7.11 Å². The number of benzene rings is 1. The van der Waals surface area contributed by atoms with Crippen molar-refractivity contribution in [2.45, 2.75) is 103 Å². The van der Waals surface area contributed by atoms with Crippen LogP contribution >= 0.6 is 0 Å². The fraction of sp³-hybridized carbons (Fsp3) is 0.741. The number of carbonyl (C=O) groups excluding carboxylic acids is 1. The number of methoxy groups -OCH3 is 1. The van der Waals surface area contributed by atoms with E-state index in [0.717, 1.165) is 37.2 Å². The Morgan fingerprint density at radius 1 is 1.06 bits per heavy atom. The van der Waals surface area contributed by atoms with Crippen molar-refractivity contribution in [3.63, 3.8) is 0 Å². The number of unbranched alkanes of at least 4 members (excludes halogenated alkanes) is 6. The second kappa shape index (κ2) is 15.3. The lowest BCUT2D eigenvalue weighted by molar-refractivity contribution is -0.132. The van der Waals surface area contributed by atoms with Crippen molar-refractivity contribution in [1.29, 1.82) is 0 Å². The van der Waals surface area contributed by atoms with Crippen molar-refractivity contribution in [3.05, 3.63) is 29.8 Å². The van der Waals surface area contributed by atoms with Gasteiger partial charge in [-0.3, -0.25) is 4.79 Å². The Morgan fingerprint density at radius 3 is 2.55 bits per heavy atom. The molecular formula is C27H46N2O2. The molecule has 1 unspecified atom stereocenters. The largest absolute Gasteiger partial charge is 0.496 e. The zero-order valence-electron chi connectivity index (χ0n) is 20.4. The van der Waals surface area contributed by atoms with Crippen LogP contribution in [0.3, 0.4) is 0 Å². The monoisotopic (exact) mass is 430 g/mol. The highest BCUT2D eigenvalue weighted by molar-refractivity contribution is 5.76. The first kappa shape index (κ1) is 25.7. The van der Waals surface area contributed by atoms with Gasteiger partial charge >= 0.3 is 0 Å². The fourth-order valence-electron chi connectivity index (χ4n) is 4.68. The summed E-state index contributed by atoms with van der Waals surface area (Å²) in [6.45, 7) is 8.37. The molecule has 0 N–H and O–H groups in total. The molecule has 1 saturated heterocycles. The number of amides is 1. The Hall–Kier alpha value is -1.55. The average molecular weight is 431 g/mol. The van der Waals surface area contributed by atoms with E-state index in [-0.39, 0.29) is 0 Å². The minimum Gasteiger partial charge on any atom is -0.496 e. The number of likely N-dealkylation sites (tertiary alicyclic amines) is 1. The predicted molar refractivity (Wildman–Crippen MR) is 131 cm³/mol. The minimum atomic E-state index is 0.297. The zero-order chi connectivity index (χ0) is 22.3. The van der Waals surface area contributed by atoms with E-state index in [9.17, 15) is 4.79 Å². The van der Waals surface area contributed by atoms with E-state index in [1.54, 1.807) is 7.11 Å². The van der Waals surface area contributed by atoms with Gasteiger partial charge in [-0.25, -0.2) is 0 Å². The van der Waals surface area contributed by atoms with Crippen LogP contribution in [0, 0.1) is 0 Å². The van der Waals surface area contributed by atoms with Crippen LogP contribution in [0.5, 0.6) is 5.75 Å². The van der Waals surface area contributed by atoms with Gasteiger partial charge in [-0.1, -0.05) is 70.1 Å². The lowest BCUT2D eigenvalue weighted by atomic mass is 10.0. The summed E-state index contributed by atoms with van der Waals surface area (Å²) in [5.41, 5.74) is 1.10. The second-order valence-electron chi connectivity index (χ2n) is 9.23. The molecule has 2 rings (SSSR count). The van der Waals surface area contributed by atoms with Crippen LogP contribution in [0.4, 0.5) is 0 Å². The Labute approximate surface area is 191 Å². The van der Waals surface area contributed by atoms with Crippen LogP contribution in [0.25, 0.3) is 0 Å². The maximum Gasteiger partial charge on any atom is 0.222 e. The maximum absolute atomic E-state index is 13.1. The number of nitrogens with zero attached hydrogens (tertiary/aromatic N) is 2. The molecule has 1 aromatic carbocycles. The zero-order valence-corrected chi connectivity index (χ0v) is 20.4. The first-order valence-corrected chi connectivity index (χ1v) is 12.8. The van der Waals surface area contributed by atoms with E-state index < -0.39 is 0 Å². The van der Waals surface area contributed by atoms with Crippen LogP contribution < -0.4 is 4.74 Å². The number of hydrogen-bond acceptors (Lipinski definition) is 3. The molecule has 1 amide bonds. The van der Waals surface area contributed by atoms with Crippen molar-refractivity contribution >= 4 is 5.91 Å². The smallest absolute Gasteiger partial charge is 0.222 e. The van der Waals surface area contributed by atoms with E-state index in [1.807, 2.05) is 18.2 Å². The lowest BCUT2D eigenvalue weighted by Gasteiger charge is -2.34. The van der Waals surface area contributed by atoms with Crippen molar-refractivity contribution < 1.29 is 9.53 Å². The molecule has 1 heterocycles. The van der Waals surface area contributed by atoms with Gasteiger partial charge < -0.3 is 14.5 Å². The average Bonchev–Trinajstić information content (AvgIpc) is 2.79. The van der Waals surface area contributed by atoms with E-state index in [0.29, 0.717) is 24.9 Å². The summed E-state index contributed by atoms with van der Waals surface area (Å²) in [5.74, 6) is 1.17. The summed E-state index contributed by atoms with van der Waals surface area (Å²) < 4.78 is 5.54. The van der Waals surface area contributed by atoms with E-state index >= 15 is 0 Å². The fourth-order valence-corrected chi connectivity index (χ4v) is 4.68. The van der Waals surface area contributed by atoms with Gasteiger partial charge in [-0.15, -0.1) is 0 Å². The highest BCUT2D eigenvalue weighted by Gasteiger charge is 2.20. The molecule has 176 valence electrons. The molecule has 0 spiro atoms. The third kappa shape index (κ3) is 9.64. The van der Waals surface area contributed by atoms with Crippen molar-refractivity contribution in [1.82, 2.24) is 9.80 Å². The minimum absolute atomic E-state index is 0.297. The molecule has 4 heteroatoms. The predicted octanol–water partition coefficient (Wildman–Crippen LogP) is 6.43. The van der Waals surface area contributed by atoms with Gasteiger partial charge in [0, 0.05) is 37.7 Å². The quantitative estimate of drug-likeness (QED) is 0.301. The molecule has 0 aromatic heterocycles. The molecular weight excluding hydrogens is 384 g/mol. The van der Waals surface area contributed by atoms with Crippen molar-refractivity contribution in [3.8, 4) is 5.75 Å². The molecule has 31 heavy (non-hydrogen) atoms. The van der Waals surface area contributed by atoms with Gasteiger partial charge in [0.25, 0.3) is 0 Å². The van der Waals surface area contributed by atoms with Gasteiger partial charge in [0.15, 0.2) is 0 Å². The Kier molecular flexibility index (Phi) is 12.7. The Morgan fingerprint density at radius 2 is 1.81 bits per heavy atom. The van der Waals surface area contributed by atoms with Crippen LogP contribution in [-0.4, -0.2) is 48.5 Å². The highest BCUT2D eigenvalue weighted by atomic mass is 16.5. The molecule has 1 fully saturated rings. The summed E-state index contributed by atoms with van der Waals surface area (Å²) in [6, 6.07) is 8.78. The standard InChI is InChI=1S/C27H46N2O2/c1-4-5-6-7-8-9-10-19-27(30)29(23-25-17-11-12-18-26(25)31-3)22-15-21-28-20-14-13-16-24(28)2/h11-12,17-18,24H,4-10,13-16,19-23H2,1-3H3. The first-order valence-electron chi connectivity index (χ1n) is 12.8. The van der Waals surface area contributed by atoms with Gasteiger partial charge in [0.1, 0.15) is 5.75 Å². The molecule has 1 aliphatic heterocycles. The van der Waals surface area contributed by atoms with Crippen LogP contribution in [0.15, 0.2) is 24.3 Å². The third-order valence-corrected chi connectivity index (χ3v) is 6.71. The van der Waals surface area contributed by atoms with Crippen LogP contribution in [-0.2, 0) is 11.3 Å². The van der Waals surface area contributed by atoms with Gasteiger partial charge in [-0.2, -0.15) is 0 Å². The molecule has 1 atom stereocenters. The second-order valence-corrected chi connectivity index (χ2v) is 9.23. The summed E-state index contributed by atoms with van der Waals surface area (Å²) in [4.78, 5) is 17.8. The number of para-hydroxylation sites is 1. The molecule has 4 nitrogen and oxygen atoms in total. The summed E-state index contributed by atoms with van der Waals surface area (Å²) in [6.07, 6.45) is 14.4. The molecule has 0 bridgehead atoms. The normalized spacial score (nSPS) is 16.9. The van der Waals surface area contributed by atoms with E-state index in [1.165, 1.54) is 64.3 Å². The van der Waals surface area contributed by atoms with Crippen molar-refractivity contribution in [2.24, 2.45) is 0 Å². The van der Waals surface area contributed by atoms with E-state index in [4.69, 9.17) is 4.74 Å². The molecule has 0 aliphatic carbocycles. The Bertz CT molecular complexity index is 619. The molecule has 0 saturated carbocycles. The maximum atomic E-state index is 13.1. The Balaban J connectivity index is 1.86. The molecule has 0 radical (unpaired) electrons. The summed E-state index contributed by atoms with van der Waals surface area (Å²) >= 11 is 0. The first-order chi connectivity index (χ1) is 15.2. The lowest BCUT2D eigenvalue weighted by Crippen LogP contribution is -2.40. The van der Waals surface area contributed by atoms with Gasteiger partial charge in [-0.05, 0) is 45.2 Å². The molecule has 1 aromatic rings.